The minimum atomic E-state index is -3.68. The second-order valence-electron chi connectivity index (χ2n) is 8.50. The molecule has 0 fully saturated rings. The number of aryl methyl sites for hydroxylation is 2. The van der Waals surface area contributed by atoms with Gasteiger partial charge >= 0.3 is 5.97 Å². The normalized spacial score (nSPS) is 12.6. The molecule has 0 saturated heterocycles. The number of aliphatic carboxylic acids is 1. The summed E-state index contributed by atoms with van der Waals surface area (Å²) in [7, 11) is -3.68. The molecule has 8 heteroatoms. The molecule has 0 amide bonds. The summed E-state index contributed by atoms with van der Waals surface area (Å²) in [5.41, 5.74) is 6.04. The van der Waals surface area contributed by atoms with Crippen molar-refractivity contribution in [3.63, 3.8) is 0 Å². The summed E-state index contributed by atoms with van der Waals surface area (Å²) in [6, 6.07) is 21.0. The molecule has 1 aromatic heterocycles. The number of rotatable bonds is 7. The predicted octanol–water partition coefficient (Wildman–Crippen LogP) is 5.32. The van der Waals surface area contributed by atoms with Crippen molar-refractivity contribution >= 4 is 27.1 Å². The van der Waals surface area contributed by atoms with Gasteiger partial charge in [0.15, 0.2) is 6.61 Å². The van der Waals surface area contributed by atoms with E-state index in [0.717, 1.165) is 38.3 Å². The largest absolute Gasteiger partial charge is 0.482 e. The third-order valence-electron chi connectivity index (χ3n) is 6.01. The number of aromatic nitrogens is 1. The van der Waals surface area contributed by atoms with Gasteiger partial charge in [-0.25, -0.2) is 18.2 Å². The number of benzene rings is 3. The van der Waals surface area contributed by atoms with E-state index >= 15 is 0 Å². The zero-order valence-corrected chi connectivity index (χ0v) is 20.7. The molecule has 35 heavy (non-hydrogen) atoms. The maximum atomic E-state index is 13.5. The second kappa shape index (κ2) is 9.28. The van der Waals surface area contributed by atoms with Gasteiger partial charge in [0.2, 0.25) is 14.2 Å². The SMILES string of the molecule is Cc1ccc(-c2ccccc2CS(=O)(=O)c2nc3c(s2)CCc2c(OCC(=O)O)cccc2-3)cc1. The van der Waals surface area contributed by atoms with Crippen LogP contribution in [-0.2, 0) is 33.2 Å². The van der Waals surface area contributed by atoms with Gasteiger partial charge < -0.3 is 9.84 Å². The van der Waals surface area contributed by atoms with E-state index in [-0.39, 0.29) is 10.1 Å². The number of thiazole rings is 1. The highest BCUT2D eigenvalue weighted by atomic mass is 32.2. The molecule has 0 atom stereocenters. The lowest BCUT2D eigenvalue weighted by atomic mass is 9.93. The fourth-order valence-electron chi connectivity index (χ4n) is 4.33. The standard InChI is InChI=1S/C27H23NO5S2/c1-17-9-11-18(12-10-17)20-6-3-2-5-19(20)16-35(31,32)27-28-26-22-7-4-8-23(33-15-25(29)30)21(22)13-14-24(26)34-27/h2-12H,13-16H2,1H3,(H,29,30). The van der Waals surface area contributed by atoms with E-state index in [0.29, 0.717) is 24.3 Å². The van der Waals surface area contributed by atoms with Crippen molar-refractivity contribution in [2.75, 3.05) is 6.61 Å². The number of hydrogen-bond donors (Lipinski definition) is 1. The molecule has 0 aliphatic heterocycles. The molecule has 5 rings (SSSR count). The Hall–Kier alpha value is -3.49. The van der Waals surface area contributed by atoms with E-state index in [1.807, 2.05) is 61.5 Å². The van der Waals surface area contributed by atoms with Crippen LogP contribution in [0.3, 0.4) is 0 Å². The monoisotopic (exact) mass is 505 g/mol. The van der Waals surface area contributed by atoms with Crippen LogP contribution in [0.15, 0.2) is 71.1 Å². The topological polar surface area (TPSA) is 93.6 Å². The Morgan fingerprint density at radius 1 is 1.00 bits per heavy atom. The Morgan fingerprint density at radius 3 is 2.51 bits per heavy atom. The van der Waals surface area contributed by atoms with Crippen molar-refractivity contribution in [3.8, 4) is 28.1 Å². The van der Waals surface area contributed by atoms with Gasteiger partial charge in [-0.3, -0.25) is 0 Å². The molecule has 0 bridgehead atoms. The van der Waals surface area contributed by atoms with E-state index in [1.165, 1.54) is 11.3 Å². The first-order chi connectivity index (χ1) is 16.8. The van der Waals surface area contributed by atoms with E-state index in [2.05, 4.69) is 4.98 Å². The van der Waals surface area contributed by atoms with Gasteiger partial charge in [-0.15, -0.1) is 11.3 Å². The van der Waals surface area contributed by atoms with E-state index < -0.39 is 22.4 Å². The Labute approximate surface area is 207 Å². The van der Waals surface area contributed by atoms with Crippen LogP contribution in [0, 0.1) is 6.92 Å². The first kappa shape index (κ1) is 23.3. The average molecular weight is 506 g/mol. The lowest BCUT2D eigenvalue weighted by Gasteiger charge is -2.18. The summed E-state index contributed by atoms with van der Waals surface area (Å²) >= 11 is 1.22. The first-order valence-corrected chi connectivity index (χ1v) is 13.6. The van der Waals surface area contributed by atoms with Crippen molar-refractivity contribution < 1.29 is 23.1 Å². The van der Waals surface area contributed by atoms with Gasteiger partial charge in [0.25, 0.3) is 0 Å². The van der Waals surface area contributed by atoms with Crippen LogP contribution < -0.4 is 4.74 Å². The molecule has 178 valence electrons. The number of ether oxygens (including phenoxy) is 1. The Morgan fingerprint density at radius 2 is 1.74 bits per heavy atom. The fourth-order valence-corrected chi connectivity index (χ4v) is 7.13. The van der Waals surface area contributed by atoms with Crippen LogP contribution in [-0.4, -0.2) is 31.1 Å². The smallest absolute Gasteiger partial charge is 0.341 e. The highest BCUT2D eigenvalue weighted by molar-refractivity contribution is 7.92. The lowest BCUT2D eigenvalue weighted by Crippen LogP contribution is -2.12. The molecule has 6 nitrogen and oxygen atoms in total. The minimum Gasteiger partial charge on any atom is -0.482 e. The minimum absolute atomic E-state index is 0.103. The Bertz CT molecular complexity index is 1520. The molecule has 4 aromatic rings. The molecule has 3 aromatic carbocycles. The van der Waals surface area contributed by atoms with Crippen LogP contribution in [0.5, 0.6) is 5.75 Å². The van der Waals surface area contributed by atoms with Crippen LogP contribution in [0.25, 0.3) is 22.4 Å². The third kappa shape index (κ3) is 4.72. The summed E-state index contributed by atoms with van der Waals surface area (Å²) in [5.74, 6) is -0.690. The molecule has 1 N–H and O–H groups in total. The highest BCUT2D eigenvalue weighted by Gasteiger charge is 2.28. The van der Waals surface area contributed by atoms with Crippen molar-refractivity contribution in [3.05, 3.63) is 88.3 Å². The zero-order valence-electron chi connectivity index (χ0n) is 19.0. The molecule has 1 aliphatic rings. The molecule has 1 aliphatic carbocycles. The highest BCUT2D eigenvalue weighted by Crippen LogP contribution is 2.41. The number of sulfone groups is 1. The molecule has 0 saturated carbocycles. The summed E-state index contributed by atoms with van der Waals surface area (Å²) in [5, 5.41) is 8.95. The Kier molecular flexibility index (Phi) is 6.17. The molecule has 0 radical (unpaired) electrons. The zero-order chi connectivity index (χ0) is 24.6. The molecule has 1 heterocycles. The maximum Gasteiger partial charge on any atom is 0.341 e. The van der Waals surface area contributed by atoms with Crippen molar-refractivity contribution in [2.24, 2.45) is 0 Å². The molecular weight excluding hydrogens is 482 g/mol. The number of carboxylic acid groups (broad SMARTS) is 1. The average Bonchev–Trinajstić information content (AvgIpc) is 3.29. The maximum absolute atomic E-state index is 13.5. The summed E-state index contributed by atoms with van der Waals surface area (Å²) in [6.45, 7) is 1.59. The third-order valence-corrected chi connectivity index (χ3v) is 9.25. The number of hydrogen-bond acceptors (Lipinski definition) is 6. The van der Waals surface area contributed by atoms with Gasteiger partial charge in [0.05, 0.1) is 11.4 Å². The van der Waals surface area contributed by atoms with Crippen molar-refractivity contribution in [2.45, 2.75) is 29.9 Å². The molecular formula is C27H23NO5S2. The lowest BCUT2D eigenvalue weighted by molar-refractivity contribution is -0.139. The fraction of sp³-hybridized carbons (Fsp3) is 0.185. The number of fused-ring (bicyclic) bond motifs is 3. The predicted molar refractivity (Wildman–Crippen MR) is 136 cm³/mol. The van der Waals surface area contributed by atoms with Gasteiger partial charge in [0, 0.05) is 16.0 Å². The van der Waals surface area contributed by atoms with Gasteiger partial charge in [-0.2, -0.15) is 0 Å². The molecule has 0 unspecified atom stereocenters. The second-order valence-corrected chi connectivity index (χ2v) is 11.7. The quantitative estimate of drug-likeness (QED) is 0.365. The van der Waals surface area contributed by atoms with Crippen LogP contribution in [0.4, 0.5) is 0 Å². The van der Waals surface area contributed by atoms with E-state index in [4.69, 9.17) is 9.84 Å². The summed E-state index contributed by atoms with van der Waals surface area (Å²) in [4.78, 5) is 16.4. The summed E-state index contributed by atoms with van der Waals surface area (Å²) < 4.78 is 32.5. The Balaban J connectivity index is 1.48. The van der Waals surface area contributed by atoms with Crippen LogP contribution in [0.2, 0.25) is 0 Å². The van der Waals surface area contributed by atoms with E-state index in [1.54, 1.807) is 12.1 Å². The van der Waals surface area contributed by atoms with Crippen LogP contribution in [0.1, 0.15) is 21.6 Å². The van der Waals surface area contributed by atoms with E-state index in [9.17, 15) is 13.2 Å². The first-order valence-electron chi connectivity index (χ1n) is 11.2. The van der Waals surface area contributed by atoms with Gasteiger partial charge in [-0.05, 0) is 42.5 Å². The molecule has 0 spiro atoms. The van der Waals surface area contributed by atoms with Gasteiger partial charge in [0.1, 0.15) is 5.75 Å². The number of nitrogens with zero attached hydrogens (tertiary/aromatic N) is 1. The van der Waals surface area contributed by atoms with Gasteiger partial charge in [-0.1, -0.05) is 66.2 Å². The number of carboxylic acids is 1. The summed E-state index contributed by atoms with van der Waals surface area (Å²) in [6.07, 6.45) is 1.26. The van der Waals surface area contributed by atoms with Crippen LogP contribution >= 0.6 is 11.3 Å². The van der Waals surface area contributed by atoms with Crippen molar-refractivity contribution in [1.82, 2.24) is 4.98 Å². The van der Waals surface area contributed by atoms with Crippen molar-refractivity contribution in [1.29, 1.82) is 0 Å². The number of carbonyl (C=O) groups is 1.